The van der Waals surface area contributed by atoms with Crippen LogP contribution in [0.4, 0.5) is 10.1 Å². The van der Waals surface area contributed by atoms with Crippen LogP contribution < -0.4 is 4.90 Å². The number of carbonyl (C=O) groups excluding carboxylic acids is 1. The Morgan fingerprint density at radius 2 is 1.76 bits per heavy atom. The second-order valence-corrected chi connectivity index (χ2v) is 6.40. The van der Waals surface area contributed by atoms with Crippen molar-refractivity contribution in [2.24, 2.45) is 5.41 Å². The third-order valence-corrected chi connectivity index (χ3v) is 4.95. The minimum absolute atomic E-state index is 0.111. The van der Waals surface area contributed by atoms with Crippen molar-refractivity contribution in [1.82, 2.24) is 4.90 Å². The molecule has 1 saturated carbocycles. The van der Waals surface area contributed by atoms with Crippen molar-refractivity contribution in [2.45, 2.75) is 25.7 Å². The van der Waals surface area contributed by atoms with Crippen LogP contribution in [-0.4, -0.2) is 43.9 Å². The van der Waals surface area contributed by atoms with Crippen LogP contribution in [0.3, 0.4) is 0 Å². The maximum Gasteiger partial charge on any atom is 0.146 e. The first-order valence-electron chi connectivity index (χ1n) is 7.91. The zero-order valence-electron chi connectivity index (χ0n) is 12.4. The Morgan fingerprint density at radius 3 is 2.38 bits per heavy atom. The van der Waals surface area contributed by atoms with Crippen molar-refractivity contribution in [1.29, 1.82) is 0 Å². The van der Waals surface area contributed by atoms with Gasteiger partial charge in [0.1, 0.15) is 12.1 Å². The van der Waals surface area contributed by atoms with Crippen molar-refractivity contribution < 1.29 is 9.18 Å². The number of benzene rings is 1. The maximum atomic E-state index is 13.8. The van der Waals surface area contributed by atoms with Gasteiger partial charge in [-0.1, -0.05) is 25.0 Å². The average Bonchev–Trinajstić information content (AvgIpc) is 2.98. The van der Waals surface area contributed by atoms with Crippen LogP contribution in [0.25, 0.3) is 0 Å². The van der Waals surface area contributed by atoms with Gasteiger partial charge in [-0.15, -0.1) is 0 Å². The third kappa shape index (κ3) is 3.10. The first kappa shape index (κ1) is 14.5. The molecule has 21 heavy (non-hydrogen) atoms. The molecule has 1 saturated heterocycles. The summed E-state index contributed by atoms with van der Waals surface area (Å²) in [4.78, 5) is 15.9. The molecule has 1 aliphatic heterocycles. The van der Waals surface area contributed by atoms with E-state index in [1.165, 1.54) is 25.2 Å². The number of aldehydes is 1. The third-order valence-electron chi connectivity index (χ3n) is 4.95. The van der Waals surface area contributed by atoms with E-state index in [0.29, 0.717) is 5.69 Å². The van der Waals surface area contributed by atoms with E-state index in [0.717, 1.165) is 45.6 Å². The summed E-state index contributed by atoms with van der Waals surface area (Å²) in [5.74, 6) is -0.147. The molecule has 3 nitrogen and oxygen atoms in total. The number of hydrogen-bond acceptors (Lipinski definition) is 3. The van der Waals surface area contributed by atoms with Crippen LogP contribution in [0, 0.1) is 11.2 Å². The number of nitrogens with zero attached hydrogens (tertiary/aromatic N) is 2. The standard InChI is InChI=1S/C17H23FN2O/c18-15-5-1-2-6-16(15)20-11-9-19(10-12-20)13-17(14-21)7-3-4-8-17/h1-2,5-6,14H,3-4,7-13H2. The van der Waals surface area contributed by atoms with Gasteiger partial charge in [-0.2, -0.15) is 0 Å². The number of halogens is 1. The Hall–Kier alpha value is -1.42. The van der Waals surface area contributed by atoms with Crippen LogP contribution in [0.2, 0.25) is 0 Å². The number of para-hydroxylation sites is 1. The van der Waals surface area contributed by atoms with Crippen LogP contribution in [-0.2, 0) is 4.79 Å². The molecule has 0 atom stereocenters. The maximum absolute atomic E-state index is 13.8. The molecule has 1 aromatic rings. The van der Waals surface area contributed by atoms with Gasteiger partial charge in [0.2, 0.25) is 0 Å². The number of piperazine rings is 1. The molecular weight excluding hydrogens is 267 g/mol. The predicted octanol–water partition coefficient (Wildman–Crippen LogP) is 2.71. The number of anilines is 1. The van der Waals surface area contributed by atoms with Crippen molar-refractivity contribution in [3.05, 3.63) is 30.1 Å². The SMILES string of the molecule is O=CC1(CN2CCN(c3ccccc3F)CC2)CCCC1. The molecule has 0 bridgehead atoms. The molecule has 2 fully saturated rings. The van der Waals surface area contributed by atoms with Gasteiger partial charge < -0.3 is 9.69 Å². The lowest BCUT2D eigenvalue weighted by Gasteiger charge is -2.39. The van der Waals surface area contributed by atoms with Crippen molar-refractivity contribution >= 4 is 12.0 Å². The highest BCUT2D eigenvalue weighted by Gasteiger charge is 2.36. The smallest absolute Gasteiger partial charge is 0.146 e. The van der Waals surface area contributed by atoms with Crippen molar-refractivity contribution in [3.63, 3.8) is 0 Å². The summed E-state index contributed by atoms with van der Waals surface area (Å²) in [6.07, 6.45) is 5.60. The zero-order valence-corrected chi connectivity index (χ0v) is 12.4. The lowest BCUT2D eigenvalue weighted by molar-refractivity contribution is -0.117. The minimum atomic E-state index is -0.147. The predicted molar refractivity (Wildman–Crippen MR) is 82.0 cm³/mol. The molecule has 0 aromatic heterocycles. The number of hydrogen-bond donors (Lipinski definition) is 0. The summed E-state index contributed by atoms with van der Waals surface area (Å²) in [5.41, 5.74) is 0.586. The number of carbonyl (C=O) groups is 1. The van der Waals surface area contributed by atoms with Gasteiger partial charge in [0, 0.05) is 38.1 Å². The lowest BCUT2D eigenvalue weighted by atomic mass is 9.87. The Balaban J connectivity index is 1.58. The fourth-order valence-electron chi connectivity index (χ4n) is 3.69. The Morgan fingerprint density at radius 1 is 1.10 bits per heavy atom. The molecule has 2 aliphatic rings. The molecule has 0 N–H and O–H groups in total. The van der Waals surface area contributed by atoms with Gasteiger partial charge in [0.25, 0.3) is 0 Å². The molecule has 114 valence electrons. The fourth-order valence-corrected chi connectivity index (χ4v) is 3.69. The lowest BCUT2D eigenvalue weighted by Crippen LogP contribution is -2.50. The van der Waals surface area contributed by atoms with Crippen LogP contribution in [0.15, 0.2) is 24.3 Å². The molecule has 1 aliphatic carbocycles. The van der Waals surface area contributed by atoms with E-state index in [1.807, 2.05) is 12.1 Å². The van der Waals surface area contributed by atoms with Crippen LogP contribution in [0.5, 0.6) is 0 Å². The normalized spacial score (nSPS) is 22.4. The first-order valence-corrected chi connectivity index (χ1v) is 7.91. The summed E-state index contributed by atoms with van der Waals surface area (Å²) < 4.78 is 13.8. The van der Waals surface area contributed by atoms with E-state index in [1.54, 1.807) is 6.07 Å². The molecule has 1 heterocycles. The van der Waals surface area contributed by atoms with E-state index in [-0.39, 0.29) is 11.2 Å². The summed E-state index contributed by atoms with van der Waals surface area (Å²) in [7, 11) is 0. The Bertz CT molecular complexity index is 491. The average molecular weight is 290 g/mol. The molecule has 1 aromatic carbocycles. The Labute approximate surface area is 125 Å². The quantitative estimate of drug-likeness (QED) is 0.797. The van der Waals surface area contributed by atoms with E-state index in [2.05, 4.69) is 9.80 Å². The minimum Gasteiger partial charge on any atom is -0.367 e. The van der Waals surface area contributed by atoms with E-state index >= 15 is 0 Å². The highest BCUT2D eigenvalue weighted by molar-refractivity contribution is 5.60. The molecule has 4 heteroatoms. The van der Waals surface area contributed by atoms with Crippen LogP contribution in [0.1, 0.15) is 25.7 Å². The monoisotopic (exact) mass is 290 g/mol. The van der Waals surface area contributed by atoms with Gasteiger partial charge in [-0.3, -0.25) is 4.90 Å². The summed E-state index contributed by atoms with van der Waals surface area (Å²) in [6, 6.07) is 6.96. The Kier molecular flexibility index (Phi) is 4.24. The molecule has 0 spiro atoms. The molecule has 0 radical (unpaired) electrons. The van der Waals surface area contributed by atoms with Gasteiger partial charge in [-0.05, 0) is 25.0 Å². The largest absolute Gasteiger partial charge is 0.367 e. The summed E-state index contributed by atoms with van der Waals surface area (Å²) in [6.45, 7) is 4.35. The molecule has 0 unspecified atom stereocenters. The zero-order chi connectivity index (χ0) is 14.7. The summed E-state index contributed by atoms with van der Waals surface area (Å²) >= 11 is 0. The van der Waals surface area contributed by atoms with E-state index < -0.39 is 0 Å². The van der Waals surface area contributed by atoms with Crippen LogP contribution >= 0.6 is 0 Å². The molecular formula is C17H23FN2O. The highest BCUT2D eigenvalue weighted by atomic mass is 19.1. The van der Waals surface area contributed by atoms with E-state index in [4.69, 9.17) is 0 Å². The molecule has 3 rings (SSSR count). The van der Waals surface area contributed by atoms with Crippen molar-refractivity contribution in [2.75, 3.05) is 37.6 Å². The van der Waals surface area contributed by atoms with Crippen molar-refractivity contribution in [3.8, 4) is 0 Å². The van der Waals surface area contributed by atoms with Gasteiger partial charge in [-0.25, -0.2) is 4.39 Å². The molecule has 0 amide bonds. The van der Waals surface area contributed by atoms with Gasteiger partial charge in [0.05, 0.1) is 5.69 Å². The highest BCUT2D eigenvalue weighted by Crippen LogP contribution is 2.37. The summed E-state index contributed by atoms with van der Waals surface area (Å²) in [5, 5.41) is 0. The topological polar surface area (TPSA) is 23.6 Å². The number of rotatable bonds is 4. The van der Waals surface area contributed by atoms with Gasteiger partial charge >= 0.3 is 0 Å². The van der Waals surface area contributed by atoms with E-state index in [9.17, 15) is 9.18 Å². The fraction of sp³-hybridized carbons (Fsp3) is 0.588. The second kappa shape index (κ2) is 6.14. The first-order chi connectivity index (χ1) is 10.2. The second-order valence-electron chi connectivity index (χ2n) is 6.40. The van der Waals surface area contributed by atoms with Gasteiger partial charge in [0.15, 0.2) is 0 Å².